The number of benzene rings is 1. The number of hydrogen-bond donors (Lipinski definition) is 0. The monoisotopic (exact) mass is 339 g/mol. The van der Waals surface area contributed by atoms with Gasteiger partial charge in [-0.3, -0.25) is 4.79 Å². The van der Waals surface area contributed by atoms with Crippen molar-refractivity contribution in [2.45, 2.75) is 26.2 Å². The fourth-order valence-corrected chi connectivity index (χ4v) is 2.38. The van der Waals surface area contributed by atoms with Crippen LogP contribution in [-0.4, -0.2) is 11.3 Å². The average Bonchev–Trinajstić information content (AvgIpc) is 2.35. The summed E-state index contributed by atoms with van der Waals surface area (Å²) >= 11 is 2.10. The number of pyridine rings is 1. The summed E-state index contributed by atoms with van der Waals surface area (Å²) in [6, 6.07) is 8.23. The average molecular weight is 339 g/mol. The number of aryl methyl sites for hydroxylation is 1. The highest BCUT2D eigenvalue weighted by molar-refractivity contribution is 14.1. The maximum atomic E-state index is 10.9. The molecular weight excluding hydrogens is 325 g/mol. The number of fused-ring (bicyclic) bond motifs is 1. The predicted octanol–water partition coefficient (Wildman–Crippen LogP) is 3.99. The number of nitrogens with zero attached hydrogens (tertiary/aromatic N) is 1. The van der Waals surface area contributed by atoms with Crippen LogP contribution >= 0.6 is 22.6 Å². The van der Waals surface area contributed by atoms with Crippen molar-refractivity contribution in [2.75, 3.05) is 0 Å². The molecule has 0 N–H and O–H groups in total. The molecule has 0 bridgehead atoms. The maximum absolute atomic E-state index is 10.9. The van der Waals surface area contributed by atoms with Gasteiger partial charge in [-0.25, -0.2) is 4.98 Å². The summed E-state index contributed by atoms with van der Waals surface area (Å²) in [7, 11) is 0. The molecule has 0 saturated carbocycles. The van der Waals surface area contributed by atoms with E-state index >= 15 is 0 Å². The van der Waals surface area contributed by atoms with Gasteiger partial charge in [0.15, 0.2) is 6.29 Å². The standard InChI is InChI=1S/C14H14INO/c1-2-3-4-10-5-6-13-11(7-10)8-12(9-17)14(15)16-13/h5-9H,2-4H2,1H3. The Labute approximate surface area is 115 Å². The second-order valence-electron chi connectivity index (χ2n) is 4.12. The van der Waals surface area contributed by atoms with Crippen LogP contribution in [-0.2, 0) is 6.42 Å². The van der Waals surface area contributed by atoms with Crippen molar-refractivity contribution in [3.8, 4) is 0 Å². The number of halogens is 1. The van der Waals surface area contributed by atoms with Crippen LogP contribution in [0, 0.1) is 3.70 Å². The smallest absolute Gasteiger partial charge is 0.152 e. The van der Waals surface area contributed by atoms with Crippen LogP contribution in [0.25, 0.3) is 10.9 Å². The summed E-state index contributed by atoms with van der Waals surface area (Å²) in [5.74, 6) is 0. The number of rotatable bonds is 4. The van der Waals surface area contributed by atoms with Gasteiger partial charge >= 0.3 is 0 Å². The molecule has 0 aliphatic carbocycles. The van der Waals surface area contributed by atoms with Crippen LogP contribution in [0.3, 0.4) is 0 Å². The lowest BCUT2D eigenvalue weighted by atomic mass is 10.0. The number of carbonyl (C=O) groups excluding carboxylic acids is 1. The number of hydrogen-bond acceptors (Lipinski definition) is 2. The lowest BCUT2D eigenvalue weighted by Crippen LogP contribution is -1.93. The summed E-state index contributed by atoms with van der Waals surface area (Å²) in [6.45, 7) is 2.19. The molecule has 2 aromatic rings. The van der Waals surface area contributed by atoms with E-state index in [9.17, 15) is 4.79 Å². The molecule has 88 valence electrons. The highest BCUT2D eigenvalue weighted by atomic mass is 127. The molecule has 0 aliphatic rings. The third-order valence-electron chi connectivity index (χ3n) is 2.81. The molecule has 2 rings (SSSR count). The molecule has 17 heavy (non-hydrogen) atoms. The molecule has 0 aliphatic heterocycles. The van der Waals surface area contributed by atoms with Crippen molar-refractivity contribution in [1.82, 2.24) is 4.98 Å². The van der Waals surface area contributed by atoms with E-state index in [4.69, 9.17) is 0 Å². The number of aromatic nitrogens is 1. The van der Waals surface area contributed by atoms with E-state index in [2.05, 4.69) is 46.6 Å². The molecule has 0 atom stereocenters. The van der Waals surface area contributed by atoms with E-state index in [0.29, 0.717) is 5.56 Å². The van der Waals surface area contributed by atoms with Crippen molar-refractivity contribution < 1.29 is 4.79 Å². The van der Waals surface area contributed by atoms with E-state index in [-0.39, 0.29) is 0 Å². The van der Waals surface area contributed by atoms with Crippen LogP contribution < -0.4 is 0 Å². The van der Waals surface area contributed by atoms with Gasteiger partial charge < -0.3 is 0 Å². The fraction of sp³-hybridized carbons (Fsp3) is 0.286. The van der Waals surface area contributed by atoms with E-state index < -0.39 is 0 Å². The Morgan fingerprint density at radius 3 is 2.88 bits per heavy atom. The molecule has 2 nitrogen and oxygen atoms in total. The predicted molar refractivity (Wildman–Crippen MR) is 78.5 cm³/mol. The molecule has 1 aromatic carbocycles. The molecule has 1 aromatic heterocycles. The van der Waals surface area contributed by atoms with Crippen LogP contribution in [0.2, 0.25) is 0 Å². The van der Waals surface area contributed by atoms with E-state index in [1.54, 1.807) is 0 Å². The Morgan fingerprint density at radius 2 is 2.18 bits per heavy atom. The number of carbonyl (C=O) groups is 1. The van der Waals surface area contributed by atoms with Crippen molar-refractivity contribution in [3.63, 3.8) is 0 Å². The van der Waals surface area contributed by atoms with Gasteiger partial charge in [0.05, 0.1) is 5.52 Å². The highest BCUT2D eigenvalue weighted by Gasteiger charge is 2.04. The van der Waals surface area contributed by atoms with Crippen molar-refractivity contribution in [3.05, 3.63) is 39.1 Å². The van der Waals surface area contributed by atoms with E-state index in [1.165, 1.54) is 18.4 Å². The third-order valence-corrected chi connectivity index (χ3v) is 3.67. The first kappa shape index (κ1) is 12.5. The number of aldehydes is 1. The molecule has 0 radical (unpaired) electrons. The molecule has 1 heterocycles. The molecular formula is C14H14INO. The van der Waals surface area contributed by atoms with Crippen LogP contribution in [0.15, 0.2) is 24.3 Å². The summed E-state index contributed by atoms with van der Waals surface area (Å²) in [5.41, 5.74) is 2.95. The normalized spacial score (nSPS) is 10.7. The largest absolute Gasteiger partial charge is 0.298 e. The topological polar surface area (TPSA) is 30.0 Å². The van der Waals surface area contributed by atoms with Gasteiger partial charge in [-0.1, -0.05) is 19.4 Å². The Hall–Kier alpha value is -0.970. The molecule has 3 heteroatoms. The first-order valence-electron chi connectivity index (χ1n) is 5.79. The van der Waals surface area contributed by atoms with Crippen molar-refractivity contribution in [1.29, 1.82) is 0 Å². The minimum absolute atomic E-state index is 0.672. The lowest BCUT2D eigenvalue weighted by molar-refractivity contribution is 0.112. The molecule has 0 fully saturated rings. The maximum Gasteiger partial charge on any atom is 0.152 e. The molecule has 0 unspecified atom stereocenters. The van der Waals surface area contributed by atoms with Gasteiger partial charge in [-0.15, -0.1) is 0 Å². The second kappa shape index (κ2) is 5.58. The van der Waals surface area contributed by atoms with Gasteiger partial charge in [-0.2, -0.15) is 0 Å². The van der Waals surface area contributed by atoms with Crippen molar-refractivity contribution >= 4 is 39.8 Å². The van der Waals surface area contributed by atoms with E-state index in [0.717, 1.165) is 27.3 Å². The Morgan fingerprint density at radius 1 is 1.35 bits per heavy atom. The Bertz CT molecular complexity index is 551. The van der Waals surface area contributed by atoms with Gasteiger partial charge in [0.1, 0.15) is 3.70 Å². The minimum Gasteiger partial charge on any atom is -0.298 e. The third kappa shape index (κ3) is 2.83. The van der Waals surface area contributed by atoms with Crippen molar-refractivity contribution in [2.24, 2.45) is 0 Å². The van der Waals surface area contributed by atoms with E-state index in [1.807, 2.05) is 12.1 Å². The van der Waals surface area contributed by atoms with Crippen LogP contribution in [0.1, 0.15) is 35.7 Å². The summed E-state index contributed by atoms with van der Waals surface area (Å²) < 4.78 is 0.770. The highest BCUT2D eigenvalue weighted by Crippen LogP contribution is 2.19. The Balaban J connectivity index is 2.45. The van der Waals surface area contributed by atoms with Gasteiger partial charge in [0, 0.05) is 10.9 Å². The lowest BCUT2D eigenvalue weighted by Gasteiger charge is -2.04. The quantitative estimate of drug-likeness (QED) is 0.479. The SMILES string of the molecule is CCCCc1ccc2nc(I)c(C=O)cc2c1. The summed E-state index contributed by atoms with van der Waals surface area (Å²) in [5, 5.41) is 1.06. The zero-order valence-electron chi connectivity index (χ0n) is 9.74. The zero-order chi connectivity index (χ0) is 12.3. The zero-order valence-corrected chi connectivity index (χ0v) is 11.9. The van der Waals surface area contributed by atoms with Crippen LogP contribution in [0.4, 0.5) is 0 Å². The number of unbranched alkanes of at least 4 members (excludes halogenated alkanes) is 1. The van der Waals surface area contributed by atoms with Gasteiger partial charge in [-0.05, 0) is 59.2 Å². The summed E-state index contributed by atoms with van der Waals surface area (Å²) in [4.78, 5) is 15.3. The first-order chi connectivity index (χ1) is 8.24. The fourth-order valence-electron chi connectivity index (χ4n) is 1.84. The minimum atomic E-state index is 0.672. The second-order valence-corrected chi connectivity index (χ2v) is 5.14. The summed E-state index contributed by atoms with van der Waals surface area (Å²) in [6.07, 6.45) is 4.36. The molecule has 0 saturated heterocycles. The van der Waals surface area contributed by atoms with Gasteiger partial charge in [0.2, 0.25) is 0 Å². The van der Waals surface area contributed by atoms with Crippen LogP contribution in [0.5, 0.6) is 0 Å². The molecule has 0 amide bonds. The Kier molecular flexibility index (Phi) is 4.10. The first-order valence-corrected chi connectivity index (χ1v) is 6.87. The molecule has 0 spiro atoms. The van der Waals surface area contributed by atoms with Gasteiger partial charge in [0.25, 0.3) is 0 Å².